The second-order valence-corrected chi connectivity index (χ2v) is 6.80. The Morgan fingerprint density at radius 3 is 2.17 bits per heavy atom. The number of rotatable bonds is 7. The minimum absolute atomic E-state index is 0.0159. The number of hydrogen-bond donors (Lipinski definition) is 1. The van der Waals surface area contributed by atoms with E-state index in [0.717, 1.165) is 24.2 Å². The molecule has 1 fully saturated rings. The Balaban J connectivity index is 1.64. The summed E-state index contributed by atoms with van der Waals surface area (Å²) in [6.45, 7) is 0.614. The fourth-order valence-corrected chi connectivity index (χ4v) is 3.54. The lowest BCUT2D eigenvalue weighted by Crippen LogP contribution is -2.39. The van der Waals surface area contributed by atoms with Crippen molar-refractivity contribution in [3.63, 3.8) is 0 Å². The van der Waals surface area contributed by atoms with Crippen LogP contribution in [-0.4, -0.2) is 51.1 Å². The lowest BCUT2D eigenvalue weighted by Gasteiger charge is -2.25. The topological polar surface area (TPSA) is 77.1 Å². The molecule has 0 aliphatic carbocycles. The summed E-state index contributed by atoms with van der Waals surface area (Å²) >= 11 is 0. The number of ether oxygens (including phenoxy) is 3. The Labute approximate surface area is 170 Å². The molecule has 1 atom stereocenters. The van der Waals surface area contributed by atoms with Crippen molar-refractivity contribution in [3.8, 4) is 17.2 Å². The minimum Gasteiger partial charge on any atom is -0.497 e. The van der Waals surface area contributed by atoms with E-state index in [1.165, 1.54) is 14.2 Å². The van der Waals surface area contributed by atoms with Gasteiger partial charge in [0.05, 0.1) is 33.9 Å². The van der Waals surface area contributed by atoms with Crippen LogP contribution in [0, 0.1) is 0 Å². The van der Waals surface area contributed by atoms with Crippen LogP contribution < -0.4 is 19.5 Å². The van der Waals surface area contributed by atoms with Gasteiger partial charge in [-0.25, -0.2) is 0 Å². The molecule has 154 valence electrons. The van der Waals surface area contributed by atoms with Crippen LogP contribution in [0.15, 0.2) is 42.5 Å². The van der Waals surface area contributed by atoms with Crippen molar-refractivity contribution in [1.29, 1.82) is 0 Å². The lowest BCUT2D eigenvalue weighted by atomic mass is 10.0. The third kappa shape index (κ3) is 4.80. The third-order valence-electron chi connectivity index (χ3n) is 5.09. The number of likely N-dealkylation sites (tertiary alicyclic amines) is 1. The van der Waals surface area contributed by atoms with E-state index in [1.807, 2.05) is 29.2 Å². The summed E-state index contributed by atoms with van der Waals surface area (Å²) < 4.78 is 15.6. The van der Waals surface area contributed by atoms with Gasteiger partial charge in [-0.1, -0.05) is 12.1 Å². The largest absolute Gasteiger partial charge is 0.497 e. The highest BCUT2D eigenvalue weighted by Gasteiger charge is 2.30. The molecule has 7 nitrogen and oxygen atoms in total. The first-order valence-electron chi connectivity index (χ1n) is 9.50. The first-order valence-corrected chi connectivity index (χ1v) is 9.50. The highest BCUT2D eigenvalue weighted by molar-refractivity contribution is 5.97. The van der Waals surface area contributed by atoms with Gasteiger partial charge in [-0.2, -0.15) is 0 Å². The van der Waals surface area contributed by atoms with E-state index < -0.39 is 0 Å². The molecule has 1 heterocycles. The number of methoxy groups -OCH3 is 3. The van der Waals surface area contributed by atoms with Crippen molar-refractivity contribution in [2.75, 3.05) is 34.4 Å². The predicted molar refractivity (Wildman–Crippen MR) is 109 cm³/mol. The molecule has 1 N–H and O–H groups in total. The fourth-order valence-electron chi connectivity index (χ4n) is 3.54. The average molecular weight is 398 g/mol. The normalized spacial score (nSPS) is 15.7. The van der Waals surface area contributed by atoms with Crippen LogP contribution in [0.1, 0.15) is 34.8 Å². The number of carbonyl (C=O) groups excluding carboxylic acids is 2. The van der Waals surface area contributed by atoms with Crippen LogP contribution >= 0.6 is 0 Å². The van der Waals surface area contributed by atoms with Gasteiger partial charge in [0.25, 0.3) is 5.91 Å². The SMILES string of the molecule is COc1ccc([C@H]2CCCN2C(=O)CNC(=O)c2cc(OC)cc(OC)c2)cc1. The molecule has 2 aromatic carbocycles. The molecule has 0 radical (unpaired) electrons. The monoisotopic (exact) mass is 398 g/mol. The molecule has 2 aromatic rings. The Morgan fingerprint density at radius 1 is 0.966 bits per heavy atom. The number of hydrogen-bond acceptors (Lipinski definition) is 5. The second-order valence-electron chi connectivity index (χ2n) is 6.80. The highest BCUT2D eigenvalue weighted by Crippen LogP contribution is 2.32. The van der Waals surface area contributed by atoms with Crippen molar-refractivity contribution in [2.24, 2.45) is 0 Å². The van der Waals surface area contributed by atoms with Gasteiger partial charge in [-0.3, -0.25) is 9.59 Å². The molecule has 29 heavy (non-hydrogen) atoms. The summed E-state index contributed by atoms with van der Waals surface area (Å²) in [7, 11) is 4.67. The molecule has 1 aliphatic rings. The first-order chi connectivity index (χ1) is 14.0. The zero-order chi connectivity index (χ0) is 20.8. The highest BCUT2D eigenvalue weighted by atomic mass is 16.5. The summed E-state index contributed by atoms with van der Waals surface area (Å²) in [5.74, 6) is 1.35. The van der Waals surface area contributed by atoms with Gasteiger partial charge in [-0.05, 0) is 42.7 Å². The average Bonchev–Trinajstić information content (AvgIpc) is 3.26. The molecular formula is C22H26N2O5. The molecule has 0 spiro atoms. The van der Waals surface area contributed by atoms with Crippen LogP contribution in [0.4, 0.5) is 0 Å². The molecule has 3 rings (SSSR count). The van der Waals surface area contributed by atoms with E-state index >= 15 is 0 Å². The van der Waals surface area contributed by atoms with Gasteiger partial charge in [0.1, 0.15) is 17.2 Å². The summed E-state index contributed by atoms with van der Waals surface area (Å²) in [5.41, 5.74) is 1.45. The zero-order valence-corrected chi connectivity index (χ0v) is 16.9. The number of amides is 2. The lowest BCUT2D eigenvalue weighted by molar-refractivity contribution is -0.131. The smallest absolute Gasteiger partial charge is 0.251 e. The summed E-state index contributed by atoms with van der Waals surface area (Å²) in [5, 5.41) is 2.71. The third-order valence-corrected chi connectivity index (χ3v) is 5.09. The Kier molecular flexibility index (Phi) is 6.59. The predicted octanol–water partition coefficient (Wildman–Crippen LogP) is 2.81. The minimum atomic E-state index is -0.351. The molecule has 0 bridgehead atoms. The summed E-state index contributed by atoms with van der Waals surface area (Å²) in [4.78, 5) is 27.1. The van der Waals surface area contributed by atoms with Crippen molar-refractivity contribution in [3.05, 3.63) is 53.6 Å². The van der Waals surface area contributed by atoms with Crippen LogP contribution in [0.2, 0.25) is 0 Å². The van der Waals surface area contributed by atoms with E-state index in [4.69, 9.17) is 14.2 Å². The van der Waals surface area contributed by atoms with Crippen LogP contribution in [0.25, 0.3) is 0 Å². The Morgan fingerprint density at radius 2 is 1.59 bits per heavy atom. The van der Waals surface area contributed by atoms with E-state index in [2.05, 4.69) is 5.32 Å². The van der Waals surface area contributed by atoms with Crippen molar-refractivity contribution in [1.82, 2.24) is 10.2 Å². The number of nitrogens with one attached hydrogen (secondary N) is 1. The van der Waals surface area contributed by atoms with Crippen molar-refractivity contribution < 1.29 is 23.8 Å². The van der Waals surface area contributed by atoms with Gasteiger partial charge >= 0.3 is 0 Å². The number of nitrogens with zero attached hydrogens (tertiary/aromatic N) is 1. The van der Waals surface area contributed by atoms with Gasteiger partial charge < -0.3 is 24.4 Å². The van der Waals surface area contributed by atoms with E-state index in [9.17, 15) is 9.59 Å². The maximum atomic E-state index is 12.8. The fraction of sp³-hybridized carbons (Fsp3) is 0.364. The maximum Gasteiger partial charge on any atom is 0.251 e. The summed E-state index contributed by atoms with van der Waals surface area (Å²) in [6.07, 6.45) is 1.84. The van der Waals surface area contributed by atoms with E-state index in [0.29, 0.717) is 23.6 Å². The molecule has 7 heteroatoms. The van der Waals surface area contributed by atoms with Crippen LogP contribution in [0.3, 0.4) is 0 Å². The van der Waals surface area contributed by atoms with Gasteiger partial charge in [0.2, 0.25) is 5.91 Å². The quantitative estimate of drug-likeness (QED) is 0.776. The Hall–Kier alpha value is -3.22. The van der Waals surface area contributed by atoms with Crippen LogP contribution in [0.5, 0.6) is 17.2 Å². The van der Waals surface area contributed by atoms with Crippen LogP contribution in [-0.2, 0) is 4.79 Å². The van der Waals surface area contributed by atoms with E-state index in [1.54, 1.807) is 25.3 Å². The number of benzene rings is 2. The molecule has 0 saturated carbocycles. The second kappa shape index (κ2) is 9.32. The zero-order valence-electron chi connectivity index (χ0n) is 16.9. The van der Waals surface area contributed by atoms with Gasteiger partial charge in [-0.15, -0.1) is 0 Å². The standard InChI is InChI=1S/C22H26N2O5/c1-27-17-8-6-15(7-9-17)20-5-4-10-24(20)21(25)14-23-22(26)16-11-18(28-2)13-19(12-16)29-3/h6-9,11-13,20H,4-5,10,14H2,1-3H3,(H,23,26)/t20-/m1/s1. The Bertz CT molecular complexity index is 844. The molecule has 1 saturated heterocycles. The molecule has 0 unspecified atom stereocenters. The molecule has 1 aliphatic heterocycles. The first kappa shape index (κ1) is 20.5. The van der Waals surface area contributed by atoms with Gasteiger partial charge in [0.15, 0.2) is 0 Å². The van der Waals surface area contributed by atoms with E-state index in [-0.39, 0.29) is 24.4 Å². The number of carbonyl (C=O) groups is 2. The van der Waals surface area contributed by atoms with Crippen molar-refractivity contribution in [2.45, 2.75) is 18.9 Å². The molecular weight excluding hydrogens is 372 g/mol. The van der Waals surface area contributed by atoms with Gasteiger partial charge in [0, 0.05) is 18.2 Å². The van der Waals surface area contributed by atoms with Crippen molar-refractivity contribution >= 4 is 11.8 Å². The molecule has 2 amide bonds. The summed E-state index contributed by atoms with van der Waals surface area (Å²) in [6, 6.07) is 12.7. The molecule has 0 aromatic heterocycles. The maximum absolute atomic E-state index is 12.8.